The second-order valence-electron chi connectivity index (χ2n) is 11.3. The van der Waals surface area contributed by atoms with E-state index in [1.807, 2.05) is 73.7 Å². The lowest BCUT2D eigenvalue weighted by atomic mass is 10.2. The molecule has 3 aromatic carbocycles. The lowest BCUT2D eigenvalue weighted by molar-refractivity contribution is 0.0192. The van der Waals surface area contributed by atoms with Crippen LogP contribution in [0.25, 0.3) is 0 Å². The third-order valence-corrected chi connectivity index (χ3v) is 7.97. The number of unbranched alkanes of at least 4 members (excludes halogenated alkanes) is 1. The third-order valence-electron chi connectivity index (χ3n) is 4.99. The van der Waals surface area contributed by atoms with Crippen LogP contribution in [0.5, 0.6) is 11.5 Å². The highest BCUT2D eigenvalue weighted by molar-refractivity contribution is 7.97. The predicted molar refractivity (Wildman–Crippen MR) is 165 cm³/mol. The van der Waals surface area contributed by atoms with Crippen molar-refractivity contribution in [3.63, 3.8) is 0 Å². The zero-order valence-corrected chi connectivity index (χ0v) is 27.3. The highest BCUT2D eigenvalue weighted by atomic mass is 32.2. The smallest absolute Gasteiger partial charge is 0.514 e. The Morgan fingerprint density at radius 2 is 1.12 bits per heavy atom. The van der Waals surface area contributed by atoms with Crippen molar-refractivity contribution in [2.24, 2.45) is 0 Å². The summed E-state index contributed by atoms with van der Waals surface area (Å²) < 4.78 is 50.9. The van der Waals surface area contributed by atoms with Crippen LogP contribution < -0.4 is 9.47 Å². The van der Waals surface area contributed by atoms with Crippen molar-refractivity contribution < 1.29 is 41.5 Å². The van der Waals surface area contributed by atoms with Crippen molar-refractivity contribution in [3.05, 3.63) is 78.9 Å². The van der Waals surface area contributed by atoms with Crippen LogP contribution in [0.3, 0.4) is 0 Å². The summed E-state index contributed by atoms with van der Waals surface area (Å²) >= 11 is 0. The van der Waals surface area contributed by atoms with Gasteiger partial charge in [0.1, 0.15) is 22.7 Å². The molecule has 0 amide bonds. The number of ether oxygens (including phenoxy) is 4. The van der Waals surface area contributed by atoms with Gasteiger partial charge in [-0.1, -0.05) is 43.7 Å². The molecule has 0 aliphatic carbocycles. The zero-order valence-electron chi connectivity index (χ0n) is 25.6. The summed E-state index contributed by atoms with van der Waals surface area (Å²) in [6, 6.07) is 24.6. The Hall–Kier alpha value is -3.54. The minimum atomic E-state index is -3.94. The van der Waals surface area contributed by atoms with Crippen molar-refractivity contribution >= 4 is 33.3 Å². The second-order valence-corrected chi connectivity index (χ2v) is 14.9. The normalized spacial score (nSPS) is 11.7. The number of carbonyl (C=O) groups excluding carboxylic acids is 2. The fourth-order valence-electron chi connectivity index (χ4n) is 3.35. The summed E-state index contributed by atoms with van der Waals surface area (Å²) in [6.45, 7) is 12.5. The van der Waals surface area contributed by atoms with E-state index >= 15 is 0 Å². The van der Waals surface area contributed by atoms with Gasteiger partial charge in [0.15, 0.2) is 14.7 Å². The molecule has 0 aromatic heterocycles. The van der Waals surface area contributed by atoms with Gasteiger partial charge in [-0.25, -0.2) is 18.0 Å². The van der Waals surface area contributed by atoms with Gasteiger partial charge < -0.3 is 23.5 Å². The predicted octanol–water partition coefficient (Wildman–Crippen LogP) is 7.74. The number of carbonyl (C=O) groups is 2. The van der Waals surface area contributed by atoms with E-state index in [0.717, 1.165) is 21.1 Å². The van der Waals surface area contributed by atoms with Crippen molar-refractivity contribution in [3.8, 4) is 11.5 Å². The Morgan fingerprint density at radius 1 is 0.698 bits per heavy atom. The number of benzene rings is 3. The molecule has 3 rings (SSSR count). The molecule has 0 radical (unpaired) electrons. The summed E-state index contributed by atoms with van der Waals surface area (Å²) in [5.74, 6) is 0.543. The minimum absolute atomic E-state index is 0.219. The SMILES string of the molecule is CC(C)(C)OC(=O)Oc1cccc([S+](c2ccccc2)c2cccc(OC(=O)OC(C)(C)C)c2)c1.CCCCS(=O)(=O)[O-]. The van der Waals surface area contributed by atoms with E-state index < -0.39 is 44.5 Å². The summed E-state index contributed by atoms with van der Waals surface area (Å²) in [5.41, 5.74) is -1.31. The Morgan fingerprint density at radius 3 is 1.47 bits per heavy atom. The van der Waals surface area contributed by atoms with Crippen LogP contribution in [0.4, 0.5) is 9.59 Å². The molecule has 0 unspecified atom stereocenters. The van der Waals surface area contributed by atoms with E-state index in [2.05, 4.69) is 0 Å². The highest BCUT2D eigenvalue weighted by Gasteiger charge is 2.30. The first kappa shape index (κ1) is 35.7. The van der Waals surface area contributed by atoms with Gasteiger partial charge in [-0.2, -0.15) is 0 Å². The van der Waals surface area contributed by atoms with E-state index in [0.29, 0.717) is 17.9 Å². The molecule has 0 bridgehead atoms. The lowest BCUT2D eigenvalue weighted by Gasteiger charge is -2.19. The van der Waals surface area contributed by atoms with Gasteiger partial charge >= 0.3 is 12.3 Å². The average molecular weight is 633 g/mol. The quantitative estimate of drug-likeness (QED) is 0.106. The van der Waals surface area contributed by atoms with E-state index in [4.69, 9.17) is 18.9 Å². The van der Waals surface area contributed by atoms with E-state index in [1.165, 1.54) is 0 Å². The van der Waals surface area contributed by atoms with Crippen molar-refractivity contribution in [2.75, 3.05) is 5.75 Å². The van der Waals surface area contributed by atoms with Crippen molar-refractivity contribution in [2.45, 2.75) is 87.2 Å². The molecular weight excluding hydrogens is 592 g/mol. The zero-order chi connectivity index (χ0) is 32.3. The maximum Gasteiger partial charge on any atom is 0.514 e. The topological polar surface area (TPSA) is 128 Å². The molecule has 3 aromatic rings. The fourth-order valence-corrected chi connectivity index (χ4v) is 6.13. The van der Waals surface area contributed by atoms with Crippen LogP contribution in [0.2, 0.25) is 0 Å². The van der Waals surface area contributed by atoms with Crippen LogP contribution in [0.1, 0.15) is 61.3 Å². The molecule has 0 N–H and O–H groups in total. The van der Waals surface area contributed by atoms with Gasteiger partial charge in [-0.15, -0.1) is 0 Å². The maximum absolute atomic E-state index is 12.2. The molecule has 234 valence electrons. The van der Waals surface area contributed by atoms with Crippen LogP contribution in [-0.2, 0) is 30.5 Å². The Balaban J connectivity index is 0.000000708. The van der Waals surface area contributed by atoms with Gasteiger partial charge in [0.2, 0.25) is 0 Å². The Kier molecular flexibility index (Phi) is 13.1. The molecule has 0 aliphatic heterocycles. The molecule has 11 heteroatoms. The molecule has 0 spiro atoms. The molecule has 9 nitrogen and oxygen atoms in total. The van der Waals surface area contributed by atoms with E-state index in [1.54, 1.807) is 53.7 Å². The van der Waals surface area contributed by atoms with Crippen molar-refractivity contribution in [1.29, 1.82) is 0 Å². The van der Waals surface area contributed by atoms with Crippen molar-refractivity contribution in [1.82, 2.24) is 0 Å². The van der Waals surface area contributed by atoms with Crippen LogP contribution >= 0.6 is 0 Å². The lowest BCUT2D eigenvalue weighted by Crippen LogP contribution is -2.26. The number of hydrogen-bond acceptors (Lipinski definition) is 9. The first-order chi connectivity index (χ1) is 20.0. The first-order valence-corrected chi connectivity index (χ1v) is 16.5. The van der Waals surface area contributed by atoms with E-state index in [-0.39, 0.29) is 5.75 Å². The van der Waals surface area contributed by atoms with Gasteiger partial charge in [0.05, 0.1) is 21.0 Å². The molecule has 0 aliphatic rings. The molecule has 0 fully saturated rings. The third kappa shape index (κ3) is 14.5. The molecule has 0 heterocycles. The van der Waals surface area contributed by atoms with Gasteiger partial charge in [0, 0.05) is 17.9 Å². The van der Waals surface area contributed by atoms with E-state index in [9.17, 15) is 22.6 Å². The molecule has 0 saturated heterocycles. The van der Waals surface area contributed by atoms with Gasteiger partial charge in [-0.3, -0.25) is 0 Å². The summed E-state index contributed by atoms with van der Waals surface area (Å²) in [5, 5.41) is 0. The Labute approximate surface area is 257 Å². The molecule has 0 saturated carbocycles. The average Bonchev–Trinajstić information content (AvgIpc) is 2.86. The molecule has 0 atom stereocenters. The van der Waals surface area contributed by atoms with Gasteiger partial charge in [0.25, 0.3) is 0 Å². The molecule has 43 heavy (non-hydrogen) atoms. The minimum Gasteiger partial charge on any atom is -0.748 e. The first-order valence-electron chi connectivity index (χ1n) is 13.7. The fraction of sp³-hybridized carbons (Fsp3) is 0.375. The highest BCUT2D eigenvalue weighted by Crippen LogP contribution is 2.34. The van der Waals surface area contributed by atoms with Crippen LogP contribution in [0, 0.1) is 0 Å². The monoisotopic (exact) mass is 632 g/mol. The van der Waals surface area contributed by atoms with Gasteiger partial charge in [-0.05, 0) is 84.4 Å². The molecular formula is C32H40O9S2. The standard InChI is InChI=1S/C28H31O6S.C4H10O3S/c1-27(2,3)33-25(29)31-20-12-10-16-23(18-20)35(22-14-8-7-9-15-22)24-17-11-13-21(19-24)32-26(30)34-28(4,5)6;1-2-3-4-8(5,6)7/h7-19H,1-6H3;2-4H2,1H3,(H,5,6,7)/q+1;/p-1. The number of hydrogen-bond donors (Lipinski definition) is 0. The maximum atomic E-state index is 12.2. The summed E-state index contributed by atoms with van der Waals surface area (Å²) in [6.07, 6.45) is -0.295. The number of rotatable bonds is 8. The summed E-state index contributed by atoms with van der Waals surface area (Å²) in [4.78, 5) is 27.3. The van der Waals surface area contributed by atoms with Crippen LogP contribution in [0.15, 0.2) is 93.5 Å². The Bertz CT molecular complexity index is 1370. The second kappa shape index (κ2) is 15.8. The largest absolute Gasteiger partial charge is 0.748 e. The van der Waals surface area contributed by atoms with Crippen LogP contribution in [-0.4, -0.2) is 42.2 Å². The summed E-state index contributed by atoms with van der Waals surface area (Å²) in [7, 11) is -4.50.